The van der Waals surface area contributed by atoms with E-state index in [-0.39, 0.29) is 12.2 Å². The summed E-state index contributed by atoms with van der Waals surface area (Å²) < 4.78 is 5.91. The summed E-state index contributed by atoms with van der Waals surface area (Å²) in [4.78, 5) is 12.5. The zero-order chi connectivity index (χ0) is 26.2. The second-order valence-electron chi connectivity index (χ2n) is 14.1. The summed E-state index contributed by atoms with van der Waals surface area (Å²) in [6.45, 7) is 12.5. The smallest absolute Gasteiger partial charge is 0.411 e. The molecule has 5 rings (SSSR count). The summed E-state index contributed by atoms with van der Waals surface area (Å²) in [5.74, 6) is 5.15. The number of hydrogen-bond donors (Lipinski definition) is 1. The van der Waals surface area contributed by atoms with Crippen molar-refractivity contribution in [2.75, 3.05) is 5.32 Å². The van der Waals surface area contributed by atoms with Gasteiger partial charge >= 0.3 is 6.09 Å². The van der Waals surface area contributed by atoms with Crippen LogP contribution in [0.25, 0.3) is 0 Å². The summed E-state index contributed by atoms with van der Waals surface area (Å²) in [6, 6.07) is 9.62. The van der Waals surface area contributed by atoms with Gasteiger partial charge in [-0.1, -0.05) is 83.7 Å². The molecule has 3 heteroatoms. The molecule has 1 aromatic carbocycles. The van der Waals surface area contributed by atoms with Gasteiger partial charge in [-0.3, -0.25) is 5.32 Å². The minimum Gasteiger partial charge on any atom is -0.446 e. The van der Waals surface area contributed by atoms with Crippen LogP contribution in [0.1, 0.15) is 105 Å². The van der Waals surface area contributed by atoms with Gasteiger partial charge in [0.05, 0.1) is 0 Å². The van der Waals surface area contributed by atoms with Crippen molar-refractivity contribution in [3.05, 3.63) is 42.0 Å². The Hall–Kier alpha value is -1.77. The normalized spacial score (nSPS) is 37.7. The predicted octanol–water partition coefficient (Wildman–Crippen LogP) is 9.65. The maximum atomic E-state index is 12.5. The number of carbonyl (C=O) groups is 1. The van der Waals surface area contributed by atoms with E-state index in [1.54, 1.807) is 5.57 Å². The van der Waals surface area contributed by atoms with Crippen molar-refractivity contribution >= 4 is 11.8 Å². The maximum Gasteiger partial charge on any atom is 0.411 e. The summed E-state index contributed by atoms with van der Waals surface area (Å²) >= 11 is 0. The molecule has 8 atom stereocenters. The van der Waals surface area contributed by atoms with E-state index in [2.05, 4.69) is 46.0 Å². The van der Waals surface area contributed by atoms with E-state index in [1.165, 1.54) is 51.4 Å². The lowest BCUT2D eigenvalue weighted by Crippen LogP contribution is -2.51. The average Bonchev–Trinajstić information content (AvgIpc) is 3.22. The molecule has 1 N–H and O–H groups in total. The number of hydrogen-bond acceptors (Lipinski definition) is 2. The predicted molar refractivity (Wildman–Crippen MR) is 153 cm³/mol. The van der Waals surface area contributed by atoms with Gasteiger partial charge in [-0.25, -0.2) is 4.79 Å². The molecule has 0 spiro atoms. The average molecular weight is 506 g/mol. The topological polar surface area (TPSA) is 38.3 Å². The summed E-state index contributed by atoms with van der Waals surface area (Å²) in [7, 11) is 0. The number of amides is 1. The first-order valence-corrected chi connectivity index (χ1v) is 15.4. The van der Waals surface area contributed by atoms with E-state index in [4.69, 9.17) is 4.74 Å². The van der Waals surface area contributed by atoms with E-state index in [1.807, 2.05) is 30.3 Å². The first-order valence-electron chi connectivity index (χ1n) is 15.4. The molecule has 4 aliphatic carbocycles. The molecule has 3 fully saturated rings. The standard InChI is InChI=1S/C34H51NO2/c1-23(2)10-9-11-24(3)29-16-17-30-28-15-14-25-22-27(37-32(36)35-26-12-7-6-8-13-26)18-20-33(25,4)31(28)19-21-34(29,30)5/h6-8,12-14,23-24,27-31H,9-11,15-22H2,1-5H3,(H,35,36)/t24-,27-,28-,29+,30-,31-,33-,34+/m0/s1. The number of para-hydroxylation sites is 1. The van der Waals surface area contributed by atoms with Gasteiger partial charge < -0.3 is 4.74 Å². The maximum absolute atomic E-state index is 12.5. The number of nitrogens with one attached hydrogen (secondary N) is 1. The van der Waals surface area contributed by atoms with Gasteiger partial charge in [0, 0.05) is 12.1 Å². The van der Waals surface area contributed by atoms with Crippen LogP contribution >= 0.6 is 0 Å². The van der Waals surface area contributed by atoms with Crippen LogP contribution in [0.3, 0.4) is 0 Å². The second-order valence-corrected chi connectivity index (χ2v) is 14.1. The number of ether oxygens (including phenoxy) is 1. The molecule has 0 radical (unpaired) electrons. The lowest BCUT2D eigenvalue weighted by atomic mass is 9.47. The second kappa shape index (κ2) is 10.8. The van der Waals surface area contributed by atoms with Crippen molar-refractivity contribution in [3.63, 3.8) is 0 Å². The first-order chi connectivity index (χ1) is 17.7. The van der Waals surface area contributed by atoms with Gasteiger partial charge in [0.15, 0.2) is 0 Å². The molecule has 204 valence electrons. The highest BCUT2D eigenvalue weighted by Gasteiger charge is 2.59. The largest absolute Gasteiger partial charge is 0.446 e. The molecular formula is C34H51NO2. The van der Waals surface area contributed by atoms with E-state index in [9.17, 15) is 4.79 Å². The third-order valence-corrected chi connectivity index (χ3v) is 11.6. The van der Waals surface area contributed by atoms with Crippen LogP contribution in [-0.4, -0.2) is 12.2 Å². The zero-order valence-electron chi connectivity index (χ0n) is 24.1. The minimum absolute atomic E-state index is 0.00371. The molecule has 3 nitrogen and oxygen atoms in total. The Balaban J connectivity index is 1.22. The molecule has 0 unspecified atom stereocenters. The molecule has 0 bridgehead atoms. The van der Waals surface area contributed by atoms with E-state index < -0.39 is 0 Å². The van der Waals surface area contributed by atoms with Crippen molar-refractivity contribution in [3.8, 4) is 0 Å². The van der Waals surface area contributed by atoms with Gasteiger partial charge in [0.1, 0.15) is 6.10 Å². The van der Waals surface area contributed by atoms with Crippen LogP contribution in [0.4, 0.5) is 10.5 Å². The fourth-order valence-corrected chi connectivity index (χ4v) is 9.57. The molecule has 4 aliphatic rings. The Bertz CT molecular complexity index is 969. The summed E-state index contributed by atoms with van der Waals surface area (Å²) in [6.07, 6.45) is 16.5. The highest BCUT2D eigenvalue weighted by Crippen LogP contribution is 2.67. The number of rotatable bonds is 7. The lowest BCUT2D eigenvalue weighted by Gasteiger charge is -2.58. The zero-order valence-corrected chi connectivity index (χ0v) is 24.1. The third-order valence-electron chi connectivity index (χ3n) is 11.6. The van der Waals surface area contributed by atoms with Crippen LogP contribution in [0.5, 0.6) is 0 Å². The van der Waals surface area contributed by atoms with E-state index in [0.717, 1.165) is 60.5 Å². The molecule has 1 aromatic rings. The Morgan fingerprint density at radius 2 is 1.78 bits per heavy atom. The van der Waals surface area contributed by atoms with Crippen molar-refractivity contribution in [2.24, 2.45) is 46.3 Å². The SMILES string of the molecule is CC(C)CCC[C@H](C)[C@H]1CC[C@H]2[C@@H]3CC=C4C[C@@H](OC(=O)Nc5ccccc5)CC[C@]4(C)[C@H]3CC[C@]12C. The van der Waals surface area contributed by atoms with Crippen molar-refractivity contribution < 1.29 is 9.53 Å². The van der Waals surface area contributed by atoms with Crippen LogP contribution in [0.15, 0.2) is 42.0 Å². The van der Waals surface area contributed by atoms with Crippen molar-refractivity contribution in [1.29, 1.82) is 0 Å². The van der Waals surface area contributed by atoms with E-state index >= 15 is 0 Å². The van der Waals surface area contributed by atoms with Gasteiger partial charge in [0.2, 0.25) is 0 Å². The third kappa shape index (κ3) is 5.26. The van der Waals surface area contributed by atoms with Crippen molar-refractivity contribution in [2.45, 2.75) is 111 Å². The van der Waals surface area contributed by atoms with Crippen LogP contribution in [0.2, 0.25) is 0 Å². The summed E-state index contributed by atoms with van der Waals surface area (Å²) in [5.41, 5.74) is 3.21. The molecular weight excluding hydrogens is 454 g/mol. The van der Waals surface area contributed by atoms with Gasteiger partial charge in [0.25, 0.3) is 0 Å². The summed E-state index contributed by atoms with van der Waals surface area (Å²) in [5, 5.41) is 2.90. The molecule has 0 aromatic heterocycles. The van der Waals surface area contributed by atoms with Crippen LogP contribution in [0, 0.1) is 46.3 Å². The van der Waals surface area contributed by atoms with Gasteiger partial charge in [-0.2, -0.15) is 0 Å². The fraction of sp³-hybridized carbons (Fsp3) is 0.735. The molecule has 0 heterocycles. The molecule has 0 aliphatic heterocycles. The molecule has 3 saturated carbocycles. The number of allylic oxidation sites excluding steroid dienone is 1. The van der Waals surface area contributed by atoms with Crippen LogP contribution in [-0.2, 0) is 4.74 Å². The lowest BCUT2D eigenvalue weighted by molar-refractivity contribution is -0.0577. The Labute approximate surface area is 226 Å². The first kappa shape index (κ1) is 26.8. The molecule has 1 amide bonds. The Morgan fingerprint density at radius 3 is 2.54 bits per heavy atom. The van der Waals surface area contributed by atoms with Crippen molar-refractivity contribution in [1.82, 2.24) is 0 Å². The number of benzene rings is 1. The van der Waals surface area contributed by atoms with Crippen LogP contribution < -0.4 is 5.32 Å². The number of fused-ring (bicyclic) bond motifs is 5. The Kier molecular flexibility index (Phi) is 7.81. The molecule has 0 saturated heterocycles. The highest BCUT2D eigenvalue weighted by molar-refractivity contribution is 5.84. The monoisotopic (exact) mass is 505 g/mol. The fourth-order valence-electron chi connectivity index (χ4n) is 9.57. The number of anilines is 1. The van der Waals surface area contributed by atoms with Gasteiger partial charge in [-0.05, 0) is 103 Å². The minimum atomic E-state index is -0.318. The Morgan fingerprint density at radius 1 is 1.00 bits per heavy atom. The van der Waals surface area contributed by atoms with Gasteiger partial charge in [-0.15, -0.1) is 0 Å². The molecule has 37 heavy (non-hydrogen) atoms. The quantitative estimate of drug-likeness (QED) is 0.375. The number of carbonyl (C=O) groups excluding carboxylic acids is 1. The van der Waals surface area contributed by atoms with E-state index in [0.29, 0.717) is 10.8 Å². The highest BCUT2D eigenvalue weighted by atomic mass is 16.6.